The van der Waals surface area contributed by atoms with Crippen LogP contribution in [0.25, 0.3) is 11.1 Å². The fourth-order valence-electron chi connectivity index (χ4n) is 1.47. The molecule has 0 N–H and O–H groups in total. The van der Waals surface area contributed by atoms with Crippen LogP contribution in [0.3, 0.4) is 0 Å². The predicted octanol–water partition coefficient (Wildman–Crippen LogP) is 3.97. The lowest BCUT2D eigenvalue weighted by Gasteiger charge is -2.04. The van der Waals surface area contributed by atoms with Gasteiger partial charge in [-0.05, 0) is 58.0 Å². The first-order chi connectivity index (χ1) is 7.29. The van der Waals surface area contributed by atoms with E-state index in [1.165, 1.54) is 14.7 Å². The summed E-state index contributed by atoms with van der Waals surface area (Å²) in [5, 5.41) is 0. The van der Waals surface area contributed by atoms with E-state index in [1.807, 2.05) is 18.2 Å². The molecule has 0 saturated carbocycles. The van der Waals surface area contributed by atoms with Crippen LogP contribution in [0.2, 0.25) is 0 Å². The number of rotatable bonds is 2. The van der Waals surface area contributed by atoms with E-state index in [0.29, 0.717) is 0 Å². The van der Waals surface area contributed by atoms with Crippen LogP contribution in [-0.4, -0.2) is 7.11 Å². The van der Waals surface area contributed by atoms with Crippen LogP contribution in [0.15, 0.2) is 48.5 Å². The van der Waals surface area contributed by atoms with Crippen molar-refractivity contribution in [2.24, 2.45) is 0 Å². The number of benzene rings is 2. The SMILES string of the molecule is COc1cccc(-c2cccc(I)c2)c1. The van der Waals surface area contributed by atoms with Crippen molar-refractivity contribution in [1.29, 1.82) is 0 Å². The van der Waals surface area contributed by atoms with Gasteiger partial charge in [-0.2, -0.15) is 0 Å². The number of halogens is 1. The topological polar surface area (TPSA) is 9.23 Å². The molecule has 0 saturated heterocycles. The van der Waals surface area contributed by atoms with Crippen molar-refractivity contribution in [2.75, 3.05) is 7.11 Å². The highest BCUT2D eigenvalue weighted by molar-refractivity contribution is 14.1. The van der Waals surface area contributed by atoms with Crippen molar-refractivity contribution in [3.8, 4) is 16.9 Å². The van der Waals surface area contributed by atoms with Gasteiger partial charge in [0.15, 0.2) is 0 Å². The van der Waals surface area contributed by atoms with Crippen LogP contribution in [0.4, 0.5) is 0 Å². The molecule has 0 aliphatic rings. The van der Waals surface area contributed by atoms with Gasteiger partial charge in [0.25, 0.3) is 0 Å². The summed E-state index contributed by atoms with van der Waals surface area (Å²) >= 11 is 2.32. The largest absolute Gasteiger partial charge is 0.497 e. The van der Waals surface area contributed by atoms with Crippen LogP contribution in [0.1, 0.15) is 0 Å². The normalized spacial score (nSPS) is 10.0. The Bertz CT molecular complexity index is 466. The average molecular weight is 310 g/mol. The van der Waals surface area contributed by atoms with Crippen molar-refractivity contribution in [2.45, 2.75) is 0 Å². The highest BCUT2D eigenvalue weighted by Gasteiger charge is 1.99. The Morgan fingerprint density at radius 1 is 0.933 bits per heavy atom. The third-order valence-electron chi connectivity index (χ3n) is 2.23. The summed E-state index contributed by atoms with van der Waals surface area (Å²) < 4.78 is 6.45. The minimum absolute atomic E-state index is 0.895. The molecule has 15 heavy (non-hydrogen) atoms. The highest BCUT2D eigenvalue weighted by atomic mass is 127. The van der Waals surface area contributed by atoms with Crippen LogP contribution >= 0.6 is 22.6 Å². The van der Waals surface area contributed by atoms with Crippen LogP contribution in [0.5, 0.6) is 5.75 Å². The van der Waals surface area contributed by atoms with Crippen molar-refractivity contribution in [3.05, 3.63) is 52.1 Å². The fourth-order valence-corrected chi connectivity index (χ4v) is 2.01. The molecule has 0 radical (unpaired) electrons. The molecule has 0 fully saturated rings. The molecule has 0 heterocycles. The predicted molar refractivity (Wildman–Crippen MR) is 71.1 cm³/mol. The van der Waals surface area contributed by atoms with Crippen molar-refractivity contribution < 1.29 is 4.74 Å². The van der Waals surface area contributed by atoms with Gasteiger partial charge in [-0.15, -0.1) is 0 Å². The number of hydrogen-bond acceptors (Lipinski definition) is 1. The summed E-state index contributed by atoms with van der Waals surface area (Å²) in [7, 11) is 1.69. The van der Waals surface area contributed by atoms with Gasteiger partial charge in [0, 0.05) is 3.57 Å². The summed E-state index contributed by atoms with van der Waals surface area (Å²) in [6.07, 6.45) is 0. The third-order valence-corrected chi connectivity index (χ3v) is 2.90. The molecule has 0 aromatic heterocycles. The smallest absolute Gasteiger partial charge is 0.119 e. The van der Waals surface area contributed by atoms with E-state index in [4.69, 9.17) is 4.74 Å². The third kappa shape index (κ3) is 2.50. The van der Waals surface area contributed by atoms with Gasteiger partial charge in [-0.1, -0.05) is 24.3 Å². The minimum atomic E-state index is 0.895. The van der Waals surface area contributed by atoms with Crippen LogP contribution in [-0.2, 0) is 0 Å². The Balaban J connectivity index is 2.44. The van der Waals surface area contributed by atoms with Crippen LogP contribution < -0.4 is 4.74 Å². The van der Waals surface area contributed by atoms with Crippen LogP contribution in [0, 0.1) is 3.57 Å². The molecule has 0 spiro atoms. The Morgan fingerprint density at radius 3 is 2.27 bits per heavy atom. The maximum absolute atomic E-state index is 5.20. The van der Waals surface area contributed by atoms with Gasteiger partial charge in [-0.25, -0.2) is 0 Å². The zero-order valence-electron chi connectivity index (χ0n) is 8.41. The van der Waals surface area contributed by atoms with E-state index in [-0.39, 0.29) is 0 Å². The quantitative estimate of drug-likeness (QED) is 0.763. The first kappa shape index (κ1) is 10.5. The second-order valence-corrected chi connectivity index (χ2v) is 4.49. The summed E-state index contributed by atoms with van der Waals surface area (Å²) in [6.45, 7) is 0. The molecule has 0 aliphatic heterocycles. The second-order valence-electron chi connectivity index (χ2n) is 3.24. The van der Waals surface area contributed by atoms with Gasteiger partial charge < -0.3 is 4.74 Å². The lowest BCUT2D eigenvalue weighted by atomic mass is 10.1. The molecule has 76 valence electrons. The van der Waals surface area contributed by atoms with Crippen molar-refractivity contribution >= 4 is 22.6 Å². The van der Waals surface area contributed by atoms with E-state index in [1.54, 1.807) is 7.11 Å². The summed E-state index contributed by atoms with van der Waals surface area (Å²) in [5.74, 6) is 0.895. The number of methoxy groups -OCH3 is 1. The first-order valence-electron chi connectivity index (χ1n) is 4.69. The lowest BCUT2D eigenvalue weighted by Crippen LogP contribution is -1.84. The van der Waals surface area contributed by atoms with Crippen molar-refractivity contribution in [1.82, 2.24) is 0 Å². The highest BCUT2D eigenvalue weighted by Crippen LogP contribution is 2.24. The molecular formula is C13H11IO. The van der Waals surface area contributed by atoms with Gasteiger partial charge in [0.1, 0.15) is 5.75 Å². The van der Waals surface area contributed by atoms with Gasteiger partial charge in [0.05, 0.1) is 7.11 Å². The number of ether oxygens (including phenoxy) is 1. The average Bonchev–Trinajstić information content (AvgIpc) is 2.29. The van der Waals surface area contributed by atoms with E-state index in [0.717, 1.165) is 5.75 Å². The monoisotopic (exact) mass is 310 g/mol. The molecule has 2 aromatic carbocycles. The maximum Gasteiger partial charge on any atom is 0.119 e. The van der Waals surface area contributed by atoms with E-state index >= 15 is 0 Å². The van der Waals surface area contributed by atoms with Gasteiger partial charge >= 0.3 is 0 Å². The standard InChI is InChI=1S/C13H11IO/c1-15-13-7-3-5-11(9-13)10-4-2-6-12(14)8-10/h2-9H,1H3. The molecule has 0 bridgehead atoms. The summed E-state index contributed by atoms with van der Waals surface area (Å²) in [6, 6.07) is 16.5. The number of hydrogen-bond donors (Lipinski definition) is 0. The van der Waals surface area contributed by atoms with E-state index in [9.17, 15) is 0 Å². The molecular weight excluding hydrogens is 299 g/mol. The zero-order chi connectivity index (χ0) is 10.7. The Morgan fingerprint density at radius 2 is 1.60 bits per heavy atom. The molecule has 0 atom stereocenters. The maximum atomic E-state index is 5.20. The minimum Gasteiger partial charge on any atom is -0.497 e. The Hall–Kier alpha value is -1.03. The molecule has 0 amide bonds. The first-order valence-corrected chi connectivity index (χ1v) is 5.77. The van der Waals surface area contributed by atoms with E-state index < -0.39 is 0 Å². The molecule has 2 rings (SSSR count). The summed E-state index contributed by atoms with van der Waals surface area (Å²) in [4.78, 5) is 0. The van der Waals surface area contributed by atoms with Gasteiger partial charge in [-0.3, -0.25) is 0 Å². The molecule has 1 nitrogen and oxygen atoms in total. The molecule has 2 heteroatoms. The fraction of sp³-hybridized carbons (Fsp3) is 0.0769. The lowest BCUT2D eigenvalue weighted by molar-refractivity contribution is 0.415. The Labute approximate surface area is 103 Å². The van der Waals surface area contributed by atoms with E-state index in [2.05, 4.69) is 52.9 Å². The van der Waals surface area contributed by atoms with Crippen molar-refractivity contribution in [3.63, 3.8) is 0 Å². The Kier molecular flexibility index (Phi) is 3.26. The molecule has 0 aliphatic carbocycles. The summed E-state index contributed by atoms with van der Waals surface area (Å²) in [5.41, 5.74) is 2.41. The van der Waals surface area contributed by atoms with Gasteiger partial charge in [0.2, 0.25) is 0 Å². The second kappa shape index (κ2) is 4.66. The molecule has 2 aromatic rings. The molecule has 0 unspecified atom stereocenters. The zero-order valence-corrected chi connectivity index (χ0v) is 10.6.